The van der Waals surface area contributed by atoms with Crippen molar-refractivity contribution in [1.29, 1.82) is 0 Å². The molecule has 122 valence electrons. The molecule has 2 aromatic carbocycles. The van der Waals surface area contributed by atoms with Crippen LogP contribution in [-0.4, -0.2) is 60.0 Å². The molecule has 0 saturated carbocycles. The van der Waals surface area contributed by atoms with Crippen LogP contribution in [0.5, 0.6) is 5.75 Å². The van der Waals surface area contributed by atoms with Crippen LogP contribution in [0.3, 0.4) is 0 Å². The van der Waals surface area contributed by atoms with Crippen molar-refractivity contribution in [3.05, 3.63) is 65.7 Å². The van der Waals surface area contributed by atoms with Crippen LogP contribution in [-0.2, 0) is 14.9 Å². The Kier molecular flexibility index (Phi) is 7.78. The van der Waals surface area contributed by atoms with Crippen molar-refractivity contribution < 1.29 is 27.3 Å². The van der Waals surface area contributed by atoms with E-state index < -0.39 is 28.3 Å². The second-order valence-corrected chi connectivity index (χ2v) is 6.30. The molecule has 0 atom stereocenters. The van der Waals surface area contributed by atoms with E-state index in [4.69, 9.17) is 9.29 Å². The number of hydrogen-bond acceptors (Lipinski definition) is 5. The molecule has 0 aromatic heterocycles. The molecule has 0 saturated heterocycles. The van der Waals surface area contributed by atoms with Crippen LogP contribution >= 0.6 is 0 Å². The number of ketones is 1. The summed E-state index contributed by atoms with van der Waals surface area (Å²) in [5.41, 5.74) is 0.985. The summed E-state index contributed by atoms with van der Waals surface area (Å²) < 4.78 is 34.6. The van der Waals surface area contributed by atoms with Gasteiger partial charge >= 0.3 is 35.5 Å². The maximum atomic E-state index is 12.2. The van der Waals surface area contributed by atoms with E-state index in [1.54, 1.807) is 24.3 Å². The molecular formula is C16H15NaO6S. The molecule has 2 rings (SSSR count). The van der Waals surface area contributed by atoms with Gasteiger partial charge in [-0.1, -0.05) is 30.3 Å². The fourth-order valence-electron chi connectivity index (χ4n) is 1.83. The molecule has 0 heterocycles. The van der Waals surface area contributed by atoms with Crippen molar-refractivity contribution in [2.45, 2.75) is 6.42 Å². The van der Waals surface area contributed by atoms with E-state index in [0.29, 0.717) is 11.1 Å². The molecule has 0 bridgehead atoms. The third kappa shape index (κ3) is 6.54. The Hall–Kier alpha value is -1.51. The fraction of sp³-hybridized carbons (Fsp3) is 0.125. The van der Waals surface area contributed by atoms with Gasteiger partial charge in [-0.25, -0.2) is 0 Å². The summed E-state index contributed by atoms with van der Waals surface area (Å²) >= 11 is 0. The molecule has 2 aromatic rings. The van der Waals surface area contributed by atoms with Gasteiger partial charge in [-0.2, -0.15) is 8.42 Å². The van der Waals surface area contributed by atoms with Gasteiger partial charge in [0, 0.05) is 11.1 Å². The number of rotatable bonds is 6. The molecule has 24 heavy (non-hydrogen) atoms. The molecule has 0 fully saturated rings. The fourth-order valence-corrected chi connectivity index (χ4v) is 2.25. The number of esters is 1. The molecule has 0 radical (unpaired) electrons. The van der Waals surface area contributed by atoms with E-state index in [1.165, 1.54) is 24.3 Å². The monoisotopic (exact) mass is 358 g/mol. The quantitative estimate of drug-likeness (QED) is 0.276. The Morgan fingerprint density at radius 2 is 1.46 bits per heavy atom. The van der Waals surface area contributed by atoms with Crippen LogP contribution in [0.4, 0.5) is 0 Å². The van der Waals surface area contributed by atoms with Gasteiger partial charge in [-0.15, -0.1) is 0 Å². The van der Waals surface area contributed by atoms with Gasteiger partial charge in [0.25, 0.3) is 10.1 Å². The third-order valence-electron chi connectivity index (χ3n) is 2.95. The van der Waals surface area contributed by atoms with Crippen LogP contribution < -0.4 is 4.74 Å². The van der Waals surface area contributed by atoms with Crippen LogP contribution in [0.1, 0.15) is 22.3 Å². The van der Waals surface area contributed by atoms with Gasteiger partial charge < -0.3 is 4.74 Å². The van der Waals surface area contributed by atoms with E-state index >= 15 is 0 Å². The number of ether oxygens (including phenoxy) is 1. The van der Waals surface area contributed by atoms with Gasteiger partial charge in [0.15, 0.2) is 5.78 Å². The van der Waals surface area contributed by atoms with Crippen molar-refractivity contribution in [2.75, 3.05) is 5.75 Å². The first-order valence-electron chi connectivity index (χ1n) is 6.71. The van der Waals surface area contributed by atoms with Crippen LogP contribution in [0.25, 0.3) is 0 Å². The second-order valence-electron chi connectivity index (χ2n) is 4.73. The number of carbonyl (C=O) groups is 2. The first-order chi connectivity index (χ1) is 10.8. The van der Waals surface area contributed by atoms with Gasteiger partial charge in [-0.3, -0.25) is 14.1 Å². The van der Waals surface area contributed by atoms with Crippen LogP contribution in [0, 0.1) is 0 Å². The normalized spacial score (nSPS) is 10.5. The Bertz CT molecular complexity index is 800. The minimum absolute atomic E-state index is 0. The molecular weight excluding hydrogens is 343 g/mol. The number of benzene rings is 2. The topological polar surface area (TPSA) is 97.7 Å². The summed E-state index contributed by atoms with van der Waals surface area (Å²) in [7, 11) is -4.21. The zero-order valence-electron chi connectivity index (χ0n) is 12.0. The molecule has 0 aliphatic heterocycles. The summed E-state index contributed by atoms with van der Waals surface area (Å²) in [6.07, 6.45) is -0.455. The zero-order valence-corrected chi connectivity index (χ0v) is 12.8. The van der Waals surface area contributed by atoms with Gasteiger partial charge in [0.05, 0.1) is 12.2 Å². The van der Waals surface area contributed by atoms with Crippen molar-refractivity contribution in [3.8, 4) is 5.75 Å². The van der Waals surface area contributed by atoms with E-state index in [2.05, 4.69) is 0 Å². The molecule has 6 nitrogen and oxygen atoms in total. The average molecular weight is 358 g/mol. The van der Waals surface area contributed by atoms with Crippen molar-refractivity contribution in [3.63, 3.8) is 0 Å². The Balaban J connectivity index is 0.00000288. The number of carbonyl (C=O) groups excluding carboxylic acids is 2. The Morgan fingerprint density at radius 1 is 0.917 bits per heavy atom. The Labute approximate surface area is 161 Å². The standard InChI is InChI=1S/C16H14O6S.Na.H/c17-15(10-11-23(19,20)21)22-14-8-6-13(7-9-14)16(18)12-4-2-1-3-5-12;;/h1-9H,10-11H2,(H,19,20,21);;. The summed E-state index contributed by atoms with van der Waals surface area (Å²) in [6, 6.07) is 14.7. The van der Waals surface area contributed by atoms with Crippen molar-refractivity contribution >= 4 is 51.4 Å². The molecule has 0 unspecified atom stereocenters. The predicted octanol–water partition coefficient (Wildman–Crippen LogP) is 1.45. The predicted molar refractivity (Wildman–Crippen MR) is 90.1 cm³/mol. The molecule has 0 spiro atoms. The number of hydrogen-bond donors (Lipinski definition) is 1. The summed E-state index contributed by atoms with van der Waals surface area (Å²) in [4.78, 5) is 23.6. The zero-order chi connectivity index (χ0) is 16.9. The maximum absolute atomic E-state index is 12.2. The SMILES string of the molecule is O=C(CCS(=O)(=O)O)Oc1ccc(C(=O)c2ccccc2)cc1.[NaH]. The van der Waals surface area contributed by atoms with E-state index in [-0.39, 0.29) is 41.1 Å². The van der Waals surface area contributed by atoms with Crippen molar-refractivity contribution in [1.82, 2.24) is 0 Å². The van der Waals surface area contributed by atoms with Gasteiger partial charge in [0.1, 0.15) is 5.75 Å². The first kappa shape index (κ1) is 20.5. The average Bonchev–Trinajstić information content (AvgIpc) is 2.53. The summed E-state index contributed by atoms with van der Waals surface area (Å²) in [5.74, 6) is -1.45. The summed E-state index contributed by atoms with van der Waals surface area (Å²) in [6.45, 7) is 0. The third-order valence-corrected chi connectivity index (χ3v) is 3.67. The second kappa shape index (κ2) is 9.10. The first-order valence-corrected chi connectivity index (χ1v) is 8.32. The summed E-state index contributed by atoms with van der Waals surface area (Å²) in [5, 5.41) is 0. The van der Waals surface area contributed by atoms with Crippen LogP contribution in [0.2, 0.25) is 0 Å². The van der Waals surface area contributed by atoms with E-state index in [9.17, 15) is 18.0 Å². The van der Waals surface area contributed by atoms with Crippen LogP contribution in [0.15, 0.2) is 54.6 Å². The van der Waals surface area contributed by atoms with E-state index in [0.717, 1.165) is 0 Å². The van der Waals surface area contributed by atoms with Gasteiger partial charge in [-0.05, 0) is 24.3 Å². The van der Waals surface area contributed by atoms with E-state index in [1.807, 2.05) is 6.07 Å². The molecule has 0 amide bonds. The molecule has 0 aliphatic rings. The molecule has 8 heteroatoms. The Morgan fingerprint density at radius 3 is 2.00 bits per heavy atom. The minimum atomic E-state index is -4.21. The molecule has 0 aliphatic carbocycles. The molecule has 1 N–H and O–H groups in total. The van der Waals surface area contributed by atoms with Gasteiger partial charge in [0.2, 0.25) is 0 Å². The van der Waals surface area contributed by atoms with Crippen molar-refractivity contribution in [2.24, 2.45) is 0 Å².